The van der Waals surface area contributed by atoms with Gasteiger partial charge in [0.1, 0.15) is 0 Å². The van der Waals surface area contributed by atoms with Gasteiger partial charge in [0.2, 0.25) is 0 Å². The summed E-state index contributed by atoms with van der Waals surface area (Å²) in [5, 5.41) is 0. The first-order valence-corrected chi connectivity index (χ1v) is 8.14. The third-order valence-corrected chi connectivity index (χ3v) is 5.48. The molecule has 1 heterocycles. The summed E-state index contributed by atoms with van der Waals surface area (Å²) in [6, 6.07) is 0. The van der Waals surface area contributed by atoms with E-state index in [2.05, 4.69) is 30.6 Å². The topological polar surface area (TPSA) is 41.7 Å². The smallest absolute Gasteiger partial charge is 0.0572 e. The molecule has 0 amide bonds. The van der Waals surface area contributed by atoms with E-state index in [1.807, 2.05) is 7.11 Å². The number of rotatable bonds is 3. The fourth-order valence-electron chi connectivity index (χ4n) is 3.87. The minimum absolute atomic E-state index is 0.235. The third-order valence-electron chi connectivity index (χ3n) is 5.48. The molecule has 2 N–H and O–H groups in total. The van der Waals surface area contributed by atoms with E-state index in [-0.39, 0.29) is 11.1 Å². The van der Waals surface area contributed by atoms with Crippen molar-refractivity contribution in [1.82, 2.24) is 9.80 Å². The maximum atomic E-state index is 6.18. The second-order valence-electron chi connectivity index (χ2n) is 7.51. The highest BCUT2D eigenvalue weighted by Crippen LogP contribution is 2.35. The second kappa shape index (κ2) is 6.30. The van der Waals surface area contributed by atoms with Crippen molar-refractivity contribution in [3.05, 3.63) is 0 Å². The van der Waals surface area contributed by atoms with Gasteiger partial charge < -0.3 is 10.5 Å². The maximum Gasteiger partial charge on any atom is 0.0572 e. The normalized spacial score (nSPS) is 34.4. The fourth-order valence-corrected chi connectivity index (χ4v) is 3.87. The second-order valence-corrected chi connectivity index (χ2v) is 7.51. The largest absolute Gasteiger partial charge is 0.381 e. The van der Waals surface area contributed by atoms with Gasteiger partial charge in [0.05, 0.1) is 6.10 Å². The molecule has 0 unspecified atom stereocenters. The first-order chi connectivity index (χ1) is 9.41. The lowest BCUT2D eigenvalue weighted by molar-refractivity contribution is -0.0388. The summed E-state index contributed by atoms with van der Waals surface area (Å²) < 4.78 is 5.51. The van der Waals surface area contributed by atoms with Crippen molar-refractivity contribution in [2.75, 3.05) is 39.8 Å². The highest BCUT2D eigenvalue weighted by Gasteiger charge is 2.41. The number of ether oxygens (including phenoxy) is 1. The number of nitrogens with two attached hydrogens (primary N) is 1. The molecule has 20 heavy (non-hydrogen) atoms. The molecule has 2 aliphatic rings. The summed E-state index contributed by atoms with van der Waals surface area (Å²) in [7, 11) is 1.84. The van der Waals surface area contributed by atoms with E-state index in [0.29, 0.717) is 6.10 Å². The van der Waals surface area contributed by atoms with Gasteiger partial charge >= 0.3 is 0 Å². The quantitative estimate of drug-likeness (QED) is 0.856. The summed E-state index contributed by atoms with van der Waals surface area (Å²) in [5.74, 6) is 0. The molecule has 0 aromatic rings. The van der Waals surface area contributed by atoms with Crippen molar-refractivity contribution in [2.45, 2.75) is 63.6 Å². The average Bonchev–Trinajstić information content (AvgIpc) is 2.46. The molecule has 0 aromatic carbocycles. The van der Waals surface area contributed by atoms with E-state index in [1.165, 1.54) is 25.9 Å². The third kappa shape index (κ3) is 3.35. The minimum atomic E-state index is 0.235. The van der Waals surface area contributed by atoms with Crippen molar-refractivity contribution in [3.63, 3.8) is 0 Å². The number of piperazine rings is 1. The molecule has 2 fully saturated rings. The Hall–Kier alpha value is -0.160. The van der Waals surface area contributed by atoms with E-state index in [0.717, 1.165) is 32.5 Å². The van der Waals surface area contributed by atoms with Gasteiger partial charge in [-0.15, -0.1) is 0 Å². The molecule has 1 saturated heterocycles. The predicted molar refractivity (Wildman–Crippen MR) is 83.9 cm³/mol. The Labute approximate surface area is 124 Å². The van der Waals surface area contributed by atoms with Crippen LogP contribution in [0, 0.1) is 0 Å². The zero-order valence-electron chi connectivity index (χ0n) is 13.8. The molecular weight excluding hydrogens is 250 g/mol. The number of hydrogen-bond donors (Lipinski definition) is 1. The Balaban J connectivity index is 1.94. The standard InChI is InChI=1S/C16H33N3O/c1-15(2,3)18-9-11-19(12-10-18)16(13-17)7-5-14(20-4)6-8-16/h14H,5-13,17H2,1-4H3. The van der Waals surface area contributed by atoms with Gasteiger partial charge in [-0.2, -0.15) is 0 Å². The summed E-state index contributed by atoms with van der Waals surface area (Å²) in [6.07, 6.45) is 5.15. The lowest BCUT2D eigenvalue weighted by Crippen LogP contribution is -2.63. The fraction of sp³-hybridized carbons (Fsp3) is 1.00. The van der Waals surface area contributed by atoms with Crippen LogP contribution < -0.4 is 5.73 Å². The molecule has 2 rings (SSSR count). The molecular formula is C16H33N3O. The highest BCUT2D eigenvalue weighted by atomic mass is 16.5. The van der Waals surface area contributed by atoms with Crippen LogP contribution in [0.3, 0.4) is 0 Å². The molecule has 118 valence electrons. The molecule has 0 spiro atoms. The molecule has 1 saturated carbocycles. The number of hydrogen-bond acceptors (Lipinski definition) is 4. The lowest BCUT2D eigenvalue weighted by Gasteiger charge is -2.52. The first-order valence-electron chi connectivity index (χ1n) is 8.14. The summed E-state index contributed by atoms with van der Waals surface area (Å²) in [5.41, 5.74) is 6.70. The van der Waals surface area contributed by atoms with Gasteiger partial charge in [0.15, 0.2) is 0 Å². The lowest BCUT2D eigenvalue weighted by atomic mass is 9.78. The van der Waals surface area contributed by atoms with Gasteiger partial charge in [-0.1, -0.05) is 0 Å². The van der Waals surface area contributed by atoms with Gasteiger partial charge in [-0.3, -0.25) is 9.80 Å². The SMILES string of the molecule is COC1CCC(CN)(N2CCN(C(C)(C)C)CC2)CC1. The van der Waals surface area contributed by atoms with Crippen molar-refractivity contribution in [3.8, 4) is 0 Å². The van der Waals surface area contributed by atoms with Crippen LogP contribution >= 0.6 is 0 Å². The van der Waals surface area contributed by atoms with Crippen LogP contribution in [0.4, 0.5) is 0 Å². The Morgan fingerprint density at radius 2 is 1.65 bits per heavy atom. The van der Waals surface area contributed by atoms with Crippen molar-refractivity contribution in [1.29, 1.82) is 0 Å². The molecule has 4 nitrogen and oxygen atoms in total. The predicted octanol–water partition coefficient (Wildman–Crippen LogP) is 1.69. The number of nitrogens with zero attached hydrogens (tertiary/aromatic N) is 2. The Morgan fingerprint density at radius 1 is 1.10 bits per heavy atom. The molecule has 0 bridgehead atoms. The van der Waals surface area contributed by atoms with Crippen molar-refractivity contribution >= 4 is 0 Å². The van der Waals surface area contributed by atoms with Crippen LogP contribution in [0.1, 0.15) is 46.5 Å². The maximum absolute atomic E-state index is 6.18. The molecule has 1 aliphatic heterocycles. The van der Waals surface area contributed by atoms with Crippen molar-refractivity contribution < 1.29 is 4.74 Å². The van der Waals surface area contributed by atoms with Crippen LogP contribution in [-0.4, -0.2) is 66.8 Å². The average molecular weight is 283 g/mol. The van der Waals surface area contributed by atoms with Gasteiger partial charge in [-0.25, -0.2) is 0 Å². The highest BCUT2D eigenvalue weighted by molar-refractivity contribution is 4.98. The van der Waals surface area contributed by atoms with E-state index in [9.17, 15) is 0 Å². The van der Waals surface area contributed by atoms with E-state index < -0.39 is 0 Å². The first kappa shape index (κ1) is 16.2. The number of methoxy groups -OCH3 is 1. The van der Waals surface area contributed by atoms with Crippen LogP contribution in [0.2, 0.25) is 0 Å². The Morgan fingerprint density at radius 3 is 2.05 bits per heavy atom. The summed E-state index contributed by atoms with van der Waals surface area (Å²) in [6.45, 7) is 12.4. The molecule has 4 heteroatoms. The molecule has 0 aromatic heterocycles. The van der Waals surface area contributed by atoms with Gasteiger partial charge in [-0.05, 0) is 46.5 Å². The van der Waals surface area contributed by atoms with Crippen molar-refractivity contribution in [2.24, 2.45) is 5.73 Å². The van der Waals surface area contributed by atoms with E-state index >= 15 is 0 Å². The van der Waals surface area contributed by atoms with Crippen LogP contribution in [0.5, 0.6) is 0 Å². The summed E-state index contributed by atoms with van der Waals surface area (Å²) >= 11 is 0. The van der Waals surface area contributed by atoms with E-state index in [1.54, 1.807) is 0 Å². The zero-order valence-corrected chi connectivity index (χ0v) is 13.8. The van der Waals surface area contributed by atoms with Crippen LogP contribution in [0.25, 0.3) is 0 Å². The summed E-state index contributed by atoms with van der Waals surface area (Å²) in [4.78, 5) is 5.26. The van der Waals surface area contributed by atoms with Gasteiger partial charge in [0, 0.05) is 50.9 Å². The Kier molecular flexibility index (Phi) is 5.11. The molecule has 0 atom stereocenters. The van der Waals surface area contributed by atoms with Gasteiger partial charge in [0.25, 0.3) is 0 Å². The van der Waals surface area contributed by atoms with Crippen LogP contribution in [0.15, 0.2) is 0 Å². The van der Waals surface area contributed by atoms with Crippen LogP contribution in [-0.2, 0) is 4.74 Å². The van der Waals surface area contributed by atoms with E-state index in [4.69, 9.17) is 10.5 Å². The zero-order chi connectivity index (χ0) is 14.8. The monoisotopic (exact) mass is 283 g/mol. The minimum Gasteiger partial charge on any atom is -0.381 e. The molecule has 1 aliphatic carbocycles. The molecule has 0 radical (unpaired) electrons. The Bertz CT molecular complexity index is 297.